The van der Waals surface area contributed by atoms with Gasteiger partial charge in [-0.15, -0.1) is 0 Å². The fourth-order valence-corrected chi connectivity index (χ4v) is 3.22. The van der Waals surface area contributed by atoms with Gasteiger partial charge in [-0.25, -0.2) is 0 Å². The normalized spacial score (nSPS) is 25.1. The first-order valence-electron chi connectivity index (χ1n) is 10.1. The number of allylic oxidation sites excluding steroid dienone is 7. The predicted molar refractivity (Wildman–Crippen MR) is 115 cm³/mol. The lowest BCUT2D eigenvalue weighted by molar-refractivity contribution is -0.118. The van der Waals surface area contributed by atoms with Crippen LogP contribution in [0.3, 0.4) is 0 Å². The Kier molecular flexibility index (Phi) is 8.90. The first kappa shape index (κ1) is 21.0. The number of hydrogen-bond acceptors (Lipinski definition) is 2. The quantitative estimate of drug-likeness (QED) is 0.563. The van der Waals surface area contributed by atoms with Gasteiger partial charge < -0.3 is 9.80 Å². The molecule has 1 amide bonds. The molecule has 1 aliphatic heterocycles. The van der Waals surface area contributed by atoms with E-state index in [9.17, 15) is 4.79 Å². The molecule has 3 nitrogen and oxygen atoms in total. The maximum Gasteiger partial charge on any atom is 0.210 e. The van der Waals surface area contributed by atoms with Crippen molar-refractivity contribution in [2.45, 2.75) is 46.1 Å². The second-order valence-corrected chi connectivity index (χ2v) is 7.57. The first-order chi connectivity index (χ1) is 13.1. The predicted octanol–water partition coefficient (Wildman–Crippen LogP) is 5.02. The van der Waals surface area contributed by atoms with Gasteiger partial charge in [-0.1, -0.05) is 75.0 Å². The van der Waals surface area contributed by atoms with Crippen LogP contribution in [-0.4, -0.2) is 41.9 Å². The molecule has 0 spiro atoms. The molecule has 0 aromatic carbocycles. The molecule has 2 rings (SSSR count). The highest BCUT2D eigenvalue weighted by Gasteiger charge is 2.14. The molecule has 1 heterocycles. The second-order valence-electron chi connectivity index (χ2n) is 7.57. The minimum absolute atomic E-state index is 0.299. The molecular weight excluding hydrogens is 332 g/mol. The minimum Gasteiger partial charge on any atom is -0.367 e. The van der Waals surface area contributed by atoms with Crippen molar-refractivity contribution in [1.82, 2.24) is 9.80 Å². The molecule has 0 fully saturated rings. The largest absolute Gasteiger partial charge is 0.367 e. The van der Waals surface area contributed by atoms with Gasteiger partial charge in [-0.3, -0.25) is 4.79 Å². The maximum atomic E-state index is 11.6. The van der Waals surface area contributed by atoms with Crippen LogP contribution in [0.1, 0.15) is 40.0 Å². The third-order valence-electron chi connectivity index (χ3n) is 5.13. The highest BCUT2D eigenvalue weighted by molar-refractivity contribution is 5.48. The van der Waals surface area contributed by atoms with Crippen molar-refractivity contribution in [2.24, 2.45) is 5.92 Å². The summed E-state index contributed by atoms with van der Waals surface area (Å²) in [5.41, 5.74) is 2.60. The van der Waals surface area contributed by atoms with Gasteiger partial charge in [0.15, 0.2) is 0 Å². The summed E-state index contributed by atoms with van der Waals surface area (Å²) < 4.78 is 0. The van der Waals surface area contributed by atoms with Gasteiger partial charge >= 0.3 is 0 Å². The third-order valence-corrected chi connectivity index (χ3v) is 5.13. The van der Waals surface area contributed by atoms with Crippen LogP contribution >= 0.6 is 0 Å². The van der Waals surface area contributed by atoms with E-state index in [1.807, 2.05) is 4.90 Å². The van der Waals surface area contributed by atoms with Crippen molar-refractivity contribution in [3.05, 3.63) is 72.0 Å². The average molecular weight is 367 g/mol. The van der Waals surface area contributed by atoms with Crippen LogP contribution in [0.5, 0.6) is 0 Å². The molecule has 0 aromatic rings. The number of rotatable bonds is 8. The molecular formula is C24H34N2O. The topological polar surface area (TPSA) is 23.6 Å². The molecule has 27 heavy (non-hydrogen) atoms. The molecule has 0 N–H and O–H groups in total. The van der Waals surface area contributed by atoms with Crippen LogP contribution in [0.4, 0.5) is 0 Å². The van der Waals surface area contributed by atoms with E-state index in [0.717, 1.165) is 38.8 Å². The number of carbonyl (C=O) groups is 1. The molecule has 2 unspecified atom stereocenters. The molecule has 1 aliphatic carbocycles. The van der Waals surface area contributed by atoms with Gasteiger partial charge in [0.2, 0.25) is 6.41 Å². The van der Waals surface area contributed by atoms with Crippen LogP contribution in [0.15, 0.2) is 72.0 Å². The van der Waals surface area contributed by atoms with Gasteiger partial charge in [0.25, 0.3) is 0 Å². The van der Waals surface area contributed by atoms with E-state index in [-0.39, 0.29) is 0 Å². The summed E-state index contributed by atoms with van der Waals surface area (Å²) >= 11 is 0. The Hall–Kier alpha value is -2.29. The Labute approximate surface area is 165 Å². The maximum absolute atomic E-state index is 11.6. The second kappa shape index (κ2) is 11.4. The van der Waals surface area contributed by atoms with Gasteiger partial charge in [0, 0.05) is 31.9 Å². The molecule has 2 aliphatic rings. The Morgan fingerprint density at radius 1 is 1.26 bits per heavy atom. The number of carbonyl (C=O) groups excluding carboxylic acids is 1. The van der Waals surface area contributed by atoms with Crippen LogP contribution in [0, 0.1) is 5.92 Å². The lowest BCUT2D eigenvalue weighted by Crippen LogP contribution is -2.32. The van der Waals surface area contributed by atoms with E-state index in [2.05, 4.69) is 86.6 Å². The van der Waals surface area contributed by atoms with E-state index in [1.165, 1.54) is 11.1 Å². The molecule has 0 bridgehead atoms. The zero-order chi connectivity index (χ0) is 19.5. The molecule has 2 atom stereocenters. The van der Waals surface area contributed by atoms with Crippen LogP contribution in [-0.2, 0) is 4.79 Å². The Morgan fingerprint density at radius 2 is 2.07 bits per heavy atom. The molecule has 0 radical (unpaired) electrons. The van der Waals surface area contributed by atoms with Crippen molar-refractivity contribution in [3.8, 4) is 0 Å². The average Bonchev–Trinajstić information content (AvgIpc) is 2.90. The smallest absolute Gasteiger partial charge is 0.210 e. The molecule has 0 aromatic heterocycles. The number of amides is 1. The van der Waals surface area contributed by atoms with E-state index in [4.69, 9.17) is 0 Å². The zero-order valence-electron chi connectivity index (χ0n) is 17.1. The highest BCUT2D eigenvalue weighted by Crippen LogP contribution is 2.17. The molecule has 3 heteroatoms. The summed E-state index contributed by atoms with van der Waals surface area (Å²) in [6.45, 7) is 8.98. The molecule has 0 saturated heterocycles. The fourth-order valence-electron chi connectivity index (χ4n) is 3.22. The summed E-state index contributed by atoms with van der Waals surface area (Å²) in [6.07, 6.45) is 25.7. The van der Waals surface area contributed by atoms with E-state index >= 15 is 0 Å². The van der Waals surface area contributed by atoms with Gasteiger partial charge in [0.05, 0.1) is 0 Å². The molecule has 0 saturated carbocycles. The Balaban J connectivity index is 2.17. The monoisotopic (exact) mass is 366 g/mol. The zero-order valence-corrected chi connectivity index (χ0v) is 17.1. The number of hydrogen-bond donors (Lipinski definition) is 0. The van der Waals surface area contributed by atoms with Gasteiger partial charge in [-0.2, -0.15) is 0 Å². The van der Waals surface area contributed by atoms with Crippen molar-refractivity contribution in [1.29, 1.82) is 0 Å². The Morgan fingerprint density at radius 3 is 2.85 bits per heavy atom. The van der Waals surface area contributed by atoms with Crippen LogP contribution < -0.4 is 0 Å². The minimum atomic E-state index is 0.299. The summed E-state index contributed by atoms with van der Waals surface area (Å²) in [6, 6.07) is 0.299. The summed E-state index contributed by atoms with van der Waals surface area (Å²) in [5, 5.41) is 0. The van der Waals surface area contributed by atoms with Gasteiger partial charge in [-0.05, 0) is 36.8 Å². The standard InChI is InChI=1S/C24H34N2O/c1-4-21(2)16-25(20-27)17-24-15-11-7-8-12-22(3)26(19-24)18-23-13-9-5-6-10-14-23/h5-9,11-14,19-22H,4,10,15-18H2,1-3H3/b11-7-,12-8-,24-19+. The van der Waals surface area contributed by atoms with Gasteiger partial charge in [0.1, 0.15) is 0 Å². The van der Waals surface area contributed by atoms with E-state index in [0.29, 0.717) is 18.5 Å². The van der Waals surface area contributed by atoms with Crippen molar-refractivity contribution < 1.29 is 4.79 Å². The van der Waals surface area contributed by atoms with Crippen molar-refractivity contribution in [2.75, 3.05) is 19.6 Å². The SMILES string of the molecule is CCC(C)CN(C=O)C/C1=C/N(CC2=CCC=CC=C2)C(C)/C=C\C=C/C1. The fraction of sp³-hybridized carbons (Fsp3) is 0.458. The summed E-state index contributed by atoms with van der Waals surface area (Å²) in [4.78, 5) is 15.9. The van der Waals surface area contributed by atoms with E-state index in [1.54, 1.807) is 0 Å². The summed E-state index contributed by atoms with van der Waals surface area (Å²) in [5.74, 6) is 0.521. The van der Waals surface area contributed by atoms with Crippen LogP contribution in [0.2, 0.25) is 0 Å². The lowest BCUT2D eigenvalue weighted by atomic mass is 10.1. The number of nitrogens with zero attached hydrogens (tertiary/aromatic N) is 2. The summed E-state index contributed by atoms with van der Waals surface area (Å²) in [7, 11) is 0. The third kappa shape index (κ3) is 7.46. The molecule has 146 valence electrons. The highest BCUT2D eigenvalue weighted by atomic mass is 16.1. The van der Waals surface area contributed by atoms with Crippen molar-refractivity contribution >= 4 is 6.41 Å². The van der Waals surface area contributed by atoms with Crippen molar-refractivity contribution in [3.63, 3.8) is 0 Å². The van der Waals surface area contributed by atoms with E-state index < -0.39 is 0 Å². The lowest BCUT2D eigenvalue weighted by Gasteiger charge is -2.29. The Bertz CT molecular complexity index is 651. The first-order valence-corrected chi connectivity index (χ1v) is 10.1. The van der Waals surface area contributed by atoms with Crippen LogP contribution in [0.25, 0.3) is 0 Å².